The largest absolute Gasteiger partial charge is 0.301 e. The Labute approximate surface area is 116 Å². The second-order valence-corrected chi connectivity index (χ2v) is 6.97. The van der Waals surface area contributed by atoms with Crippen molar-refractivity contribution in [3.63, 3.8) is 0 Å². The summed E-state index contributed by atoms with van der Waals surface area (Å²) in [5.41, 5.74) is 2.78. The molecule has 1 aliphatic heterocycles. The number of hydrogen-bond donors (Lipinski definition) is 1. The van der Waals surface area contributed by atoms with Crippen LogP contribution in [0.2, 0.25) is 0 Å². The van der Waals surface area contributed by atoms with Crippen molar-refractivity contribution in [2.24, 2.45) is 0 Å². The Bertz CT molecular complexity index is 512. The molecule has 0 aliphatic carbocycles. The van der Waals surface area contributed by atoms with E-state index in [1.54, 1.807) is 4.31 Å². The van der Waals surface area contributed by atoms with Crippen LogP contribution < -0.4 is 4.72 Å². The Balaban J connectivity index is 2.15. The lowest BCUT2D eigenvalue weighted by Gasteiger charge is -2.21. The number of aryl methyl sites for hydroxylation is 2. The lowest BCUT2D eigenvalue weighted by molar-refractivity contribution is 0.427. The molecule has 1 saturated heterocycles. The van der Waals surface area contributed by atoms with Gasteiger partial charge < -0.3 is 0 Å². The van der Waals surface area contributed by atoms with Gasteiger partial charge in [0, 0.05) is 13.1 Å². The first-order valence-electron chi connectivity index (χ1n) is 6.83. The topological polar surface area (TPSA) is 49.4 Å². The van der Waals surface area contributed by atoms with E-state index in [-0.39, 0.29) is 0 Å². The van der Waals surface area contributed by atoms with Gasteiger partial charge in [-0.25, -0.2) is 0 Å². The first-order chi connectivity index (χ1) is 8.97. The van der Waals surface area contributed by atoms with E-state index in [0.29, 0.717) is 18.8 Å². The van der Waals surface area contributed by atoms with Gasteiger partial charge in [0.05, 0.1) is 5.69 Å². The van der Waals surface area contributed by atoms with Gasteiger partial charge in [0.1, 0.15) is 0 Å². The third kappa shape index (κ3) is 3.94. The Kier molecular flexibility index (Phi) is 4.47. The normalized spacial score (nSPS) is 18.0. The van der Waals surface area contributed by atoms with Crippen LogP contribution >= 0.6 is 0 Å². The van der Waals surface area contributed by atoms with Gasteiger partial charge in [0.15, 0.2) is 0 Å². The van der Waals surface area contributed by atoms with Gasteiger partial charge in [-0.15, -0.1) is 0 Å². The van der Waals surface area contributed by atoms with E-state index < -0.39 is 10.2 Å². The van der Waals surface area contributed by atoms with Crippen molar-refractivity contribution in [2.75, 3.05) is 17.8 Å². The van der Waals surface area contributed by atoms with Crippen molar-refractivity contribution >= 4 is 15.9 Å². The van der Waals surface area contributed by atoms with Gasteiger partial charge in [-0.2, -0.15) is 12.7 Å². The lowest BCUT2D eigenvalue weighted by atomic mass is 10.1. The Morgan fingerprint density at radius 2 is 1.47 bits per heavy atom. The molecule has 1 aliphatic rings. The molecule has 0 bridgehead atoms. The molecular formula is C14H22N2O2S. The molecule has 0 radical (unpaired) electrons. The van der Waals surface area contributed by atoms with Crippen molar-refractivity contribution in [1.29, 1.82) is 0 Å². The predicted octanol–water partition coefficient (Wildman–Crippen LogP) is 2.84. The zero-order valence-electron chi connectivity index (χ0n) is 11.6. The minimum atomic E-state index is -3.41. The number of nitrogens with one attached hydrogen (secondary N) is 1. The highest BCUT2D eigenvalue weighted by Gasteiger charge is 2.22. The summed E-state index contributed by atoms with van der Waals surface area (Å²) >= 11 is 0. The standard InChI is InChI=1S/C14H22N2O2S/c1-12-9-13(2)11-14(10-12)15-19(17,18)16-7-5-3-4-6-8-16/h9-11,15H,3-8H2,1-2H3. The summed E-state index contributed by atoms with van der Waals surface area (Å²) in [6.07, 6.45) is 4.15. The molecule has 1 fully saturated rings. The molecule has 1 heterocycles. The van der Waals surface area contributed by atoms with Crippen molar-refractivity contribution in [1.82, 2.24) is 4.31 Å². The van der Waals surface area contributed by atoms with Gasteiger partial charge in [-0.1, -0.05) is 18.9 Å². The van der Waals surface area contributed by atoms with Gasteiger partial charge in [0.25, 0.3) is 0 Å². The molecule has 0 amide bonds. The fourth-order valence-electron chi connectivity index (χ4n) is 2.53. The molecule has 106 valence electrons. The van der Waals surface area contributed by atoms with Crippen molar-refractivity contribution in [2.45, 2.75) is 39.5 Å². The van der Waals surface area contributed by atoms with Crippen LogP contribution in [0.5, 0.6) is 0 Å². The zero-order chi connectivity index (χ0) is 13.9. The molecule has 4 nitrogen and oxygen atoms in total. The van der Waals surface area contributed by atoms with E-state index in [2.05, 4.69) is 4.72 Å². The van der Waals surface area contributed by atoms with Gasteiger partial charge >= 0.3 is 10.2 Å². The molecule has 2 rings (SSSR count). The average molecular weight is 282 g/mol. The lowest BCUT2D eigenvalue weighted by Crippen LogP contribution is -2.36. The smallest absolute Gasteiger partial charge is 0.271 e. The molecule has 0 saturated carbocycles. The average Bonchev–Trinajstić information content (AvgIpc) is 2.55. The fraction of sp³-hybridized carbons (Fsp3) is 0.571. The maximum Gasteiger partial charge on any atom is 0.301 e. The maximum absolute atomic E-state index is 12.3. The first kappa shape index (κ1) is 14.3. The van der Waals surface area contributed by atoms with E-state index in [1.165, 1.54) is 0 Å². The quantitative estimate of drug-likeness (QED) is 0.926. The van der Waals surface area contributed by atoms with Crippen molar-refractivity contribution in [3.05, 3.63) is 29.3 Å². The predicted molar refractivity (Wildman–Crippen MR) is 78.5 cm³/mol. The van der Waals surface area contributed by atoms with Crippen LogP contribution in [0.4, 0.5) is 5.69 Å². The Morgan fingerprint density at radius 1 is 0.947 bits per heavy atom. The van der Waals surface area contributed by atoms with Gasteiger partial charge in [-0.3, -0.25) is 4.72 Å². The number of hydrogen-bond acceptors (Lipinski definition) is 2. The summed E-state index contributed by atoms with van der Waals surface area (Å²) in [6.45, 7) is 5.19. The first-order valence-corrected chi connectivity index (χ1v) is 8.27. The summed E-state index contributed by atoms with van der Waals surface area (Å²) in [5, 5.41) is 0. The monoisotopic (exact) mass is 282 g/mol. The second-order valence-electron chi connectivity index (χ2n) is 5.30. The van der Waals surface area contributed by atoms with Crippen LogP contribution in [0.1, 0.15) is 36.8 Å². The summed E-state index contributed by atoms with van der Waals surface area (Å²) in [5.74, 6) is 0. The zero-order valence-corrected chi connectivity index (χ0v) is 12.5. The molecule has 5 heteroatoms. The minimum absolute atomic E-state index is 0.625. The minimum Gasteiger partial charge on any atom is -0.271 e. The summed E-state index contributed by atoms with van der Waals surface area (Å²) in [6, 6.07) is 5.76. The number of anilines is 1. The molecule has 19 heavy (non-hydrogen) atoms. The fourth-order valence-corrected chi connectivity index (χ4v) is 3.81. The SMILES string of the molecule is Cc1cc(C)cc(NS(=O)(=O)N2CCCCCC2)c1. The van der Waals surface area contributed by atoms with Crippen molar-refractivity contribution < 1.29 is 8.42 Å². The molecule has 1 aromatic carbocycles. The van der Waals surface area contributed by atoms with E-state index >= 15 is 0 Å². The Morgan fingerprint density at radius 3 is 2.00 bits per heavy atom. The van der Waals surface area contributed by atoms with Crippen molar-refractivity contribution in [3.8, 4) is 0 Å². The summed E-state index contributed by atoms with van der Waals surface area (Å²) < 4.78 is 29.0. The number of benzene rings is 1. The van der Waals surface area contributed by atoms with E-state index in [1.807, 2.05) is 32.0 Å². The molecule has 0 aromatic heterocycles. The highest BCUT2D eigenvalue weighted by Crippen LogP contribution is 2.18. The Hall–Kier alpha value is -1.07. The van der Waals surface area contributed by atoms with E-state index in [4.69, 9.17) is 0 Å². The maximum atomic E-state index is 12.3. The van der Waals surface area contributed by atoms with Crippen LogP contribution in [0.3, 0.4) is 0 Å². The third-order valence-electron chi connectivity index (χ3n) is 3.37. The van der Waals surface area contributed by atoms with Crippen LogP contribution in [-0.2, 0) is 10.2 Å². The number of rotatable bonds is 3. The van der Waals surface area contributed by atoms with E-state index in [9.17, 15) is 8.42 Å². The highest BCUT2D eigenvalue weighted by molar-refractivity contribution is 7.90. The molecule has 0 atom stereocenters. The van der Waals surface area contributed by atoms with E-state index in [0.717, 1.165) is 36.8 Å². The summed E-state index contributed by atoms with van der Waals surface area (Å²) in [4.78, 5) is 0. The van der Waals surface area contributed by atoms with Crippen LogP contribution in [0.15, 0.2) is 18.2 Å². The van der Waals surface area contributed by atoms with Crippen LogP contribution in [0, 0.1) is 13.8 Å². The van der Waals surface area contributed by atoms with Gasteiger partial charge in [-0.05, 0) is 49.9 Å². The van der Waals surface area contributed by atoms with Crippen LogP contribution in [-0.4, -0.2) is 25.8 Å². The van der Waals surface area contributed by atoms with Gasteiger partial charge in [0.2, 0.25) is 0 Å². The molecule has 0 spiro atoms. The third-order valence-corrected chi connectivity index (χ3v) is 4.91. The molecule has 0 unspecified atom stereocenters. The molecule has 1 N–H and O–H groups in total. The number of nitrogens with zero attached hydrogens (tertiary/aromatic N) is 1. The summed E-state index contributed by atoms with van der Waals surface area (Å²) in [7, 11) is -3.41. The van der Waals surface area contributed by atoms with Crippen LogP contribution in [0.25, 0.3) is 0 Å². The molecule has 1 aromatic rings. The highest BCUT2D eigenvalue weighted by atomic mass is 32.2. The second kappa shape index (κ2) is 5.92. The molecular weight excluding hydrogens is 260 g/mol.